The highest BCUT2D eigenvalue weighted by Crippen LogP contribution is 2.21. The molecule has 0 aromatic carbocycles. The van der Waals surface area contributed by atoms with Crippen LogP contribution in [-0.2, 0) is 19.4 Å². The second-order valence-corrected chi connectivity index (χ2v) is 7.24. The van der Waals surface area contributed by atoms with Crippen LogP contribution >= 0.6 is 0 Å². The Morgan fingerprint density at radius 1 is 1.09 bits per heavy atom. The lowest BCUT2D eigenvalue weighted by Gasteiger charge is -2.34. The van der Waals surface area contributed by atoms with Crippen LogP contribution in [-0.4, -0.2) is 65.6 Å². The summed E-state index contributed by atoms with van der Waals surface area (Å²) < 4.78 is 0. The highest BCUT2D eigenvalue weighted by atomic mass is 15.3. The molecule has 0 unspecified atom stereocenters. The van der Waals surface area contributed by atoms with E-state index in [-0.39, 0.29) is 0 Å². The van der Waals surface area contributed by atoms with Gasteiger partial charge in [-0.2, -0.15) is 0 Å². The van der Waals surface area contributed by atoms with Crippen molar-refractivity contribution < 1.29 is 0 Å². The number of nitrogens with one attached hydrogen (secondary N) is 1. The molecule has 1 saturated heterocycles. The van der Waals surface area contributed by atoms with Crippen LogP contribution < -0.4 is 5.32 Å². The summed E-state index contributed by atoms with van der Waals surface area (Å²) in [5.74, 6) is 0.966. The number of hydrogen-bond donors (Lipinski definition) is 1. The highest BCUT2D eigenvalue weighted by Gasteiger charge is 2.17. The van der Waals surface area contributed by atoms with E-state index in [9.17, 15) is 0 Å². The van der Waals surface area contributed by atoms with Crippen LogP contribution in [0.25, 0.3) is 0 Å². The maximum Gasteiger partial charge on any atom is 0.142 e. The molecule has 1 aromatic heterocycles. The third-order valence-electron chi connectivity index (χ3n) is 5.17. The molecule has 1 fully saturated rings. The lowest BCUT2D eigenvalue weighted by atomic mass is 9.95. The first kappa shape index (κ1) is 16.8. The van der Waals surface area contributed by atoms with E-state index in [1.165, 1.54) is 56.0 Å². The molecule has 1 N–H and O–H groups in total. The van der Waals surface area contributed by atoms with Crippen molar-refractivity contribution >= 4 is 0 Å². The van der Waals surface area contributed by atoms with Gasteiger partial charge in [-0.3, -0.25) is 4.90 Å². The number of likely N-dealkylation sites (N-methyl/N-ethyl adjacent to an activating group) is 1. The Hall–Kier alpha value is -1.04. The van der Waals surface area contributed by atoms with E-state index in [1.54, 1.807) is 0 Å². The van der Waals surface area contributed by atoms with Gasteiger partial charge in [-0.1, -0.05) is 0 Å². The van der Waals surface area contributed by atoms with E-state index < -0.39 is 0 Å². The lowest BCUT2D eigenvalue weighted by Crippen LogP contribution is -2.48. The van der Waals surface area contributed by atoms with Gasteiger partial charge in [0.1, 0.15) is 5.82 Å². The Labute approximate surface area is 140 Å². The minimum Gasteiger partial charge on any atom is -0.306 e. The zero-order valence-corrected chi connectivity index (χ0v) is 14.9. The maximum absolute atomic E-state index is 4.81. The summed E-state index contributed by atoms with van der Waals surface area (Å²) in [5.41, 5.74) is 3.90. The van der Waals surface area contributed by atoms with Gasteiger partial charge < -0.3 is 10.2 Å². The molecule has 128 valence electrons. The number of nitrogens with zero attached hydrogens (tertiary/aromatic N) is 4. The van der Waals surface area contributed by atoms with Crippen molar-refractivity contribution in [3.8, 4) is 0 Å². The normalized spacial score (nSPS) is 21.2. The fraction of sp³-hybridized carbons (Fsp3) is 0.778. The van der Waals surface area contributed by atoms with E-state index >= 15 is 0 Å². The molecule has 2 heterocycles. The third-order valence-corrected chi connectivity index (χ3v) is 5.17. The smallest absolute Gasteiger partial charge is 0.142 e. The maximum atomic E-state index is 4.81. The summed E-state index contributed by atoms with van der Waals surface area (Å²) in [4.78, 5) is 14.5. The number of aromatic nitrogens is 2. The molecule has 1 aliphatic heterocycles. The average Bonchev–Trinajstić information content (AvgIpc) is 2.55. The van der Waals surface area contributed by atoms with Gasteiger partial charge in [0.25, 0.3) is 0 Å². The molecule has 0 bridgehead atoms. The molecule has 5 heteroatoms. The molecular formula is C18H31N5. The number of aryl methyl sites for hydroxylation is 2. The van der Waals surface area contributed by atoms with Gasteiger partial charge >= 0.3 is 0 Å². The minimum absolute atomic E-state index is 0.471. The summed E-state index contributed by atoms with van der Waals surface area (Å²) in [6.45, 7) is 11.0. The Bertz CT molecular complexity index is 522. The van der Waals surface area contributed by atoms with Gasteiger partial charge in [0.15, 0.2) is 0 Å². The molecule has 0 saturated carbocycles. The molecule has 2 aliphatic rings. The van der Waals surface area contributed by atoms with Gasteiger partial charge in [-0.15, -0.1) is 0 Å². The Balaban J connectivity index is 1.51. The van der Waals surface area contributed by atoms with Crippen LogP contribution in [0.5, 0.6) is 0 Å². The van der Waals surface area contributed by atoms with Crippen molar-refractivity contribution in [2.75, 3.05) is 39.8 Å². The molecular weight excluding hydrogens is 286 g/mol. The Morgan fingerprint density at radius 3 is 2.61 bits per heavy atom. The summed E-state index contributed by atoms with van der Waals surface area (Å²) in [6.07, 6.45) is 4.85. The molecule has 0 amide bonds. The third kappa shape index (κ3) is 4.49. The second-order valence-electron chi connectivity index (χ2n) is 7.24. The molecule has 1 aromatic rings. The van der Waals surface area contributed by atoms with Gasteiger partial charge in [0.2, 0.25) is 0 Å². The summed E-state index contributed by atoms with van der Waals surface area (Å²) >= 11 is 0. The molecule has 0 radical (unpaired) electrons. The Kier molecular flexibility index (Phi) is 5.62. The zero-order valence-electron chi connectivity index (χ0n) is 14.9. The lowest BCUT2D eigenvalue weighted by molar-refractivity contribution is 0.144. The van der Waals surface area contributed by atoms with E-state index in [0.29, 0.717) is 6.04 Å². The predicted octanol–water partition coefficient (Wildman–Crippen LogP) is 1.39. The molecule has 1 aliphatic carbocycles. The van der Waals surface area contributed by atoms with Crippen LogP contribution in [0, 0.1) is 6.92 Å². The van der Waals surface area contributed by atoms with Crippen molar-refractivity contribution in [1.82, 2.24) is 25.1 Å². The number of piperazine rings is 1. The number of hydrogen-bond acceptors (Lipinski definition) is 5. The van der Waals surface area contributed by atoms with E-state index in [1.807, 2.05) is 0 Å². The predicted molar refractivity (Wildman–Crippen MR) is 93.6 cm³/mol. The quantitative estimate of drug-likeness (QED) is 0.889. The van der Waals surface area contributed by atoms with E-state index in [2.05, 4.69) is 36.0 Å². The van der Waals surface area contributed by atoms with Crippen LogP contribution in [0.3, 0.4) is 0 Å². The SMILES string of the molecule is Cc1nc(CN[C@H](C)CN2CCN(C)CC2)nc2c1CCCC2. The Morgan fingerprint density at radius 2 is 1.83 bits per heavy atom. The summed E-state index contributed by atoms with van der Waals surface area (Å²) in [6, 6.07) is 0.471. The van der Waals surface area contributed by atoms with Crippen LogP contribution in [0.15, 0.2) is 0 Å². The highest BCUT2D eigenvalue weighted by molar-refractivity contribution is 5.27. The minimum atomic E-state index is 0.471. The van der Waals surface area contributed by atoms with Gasteiger partial charge in [0.05, 0.1) is 6.54 Å². The fourth-order valence-corrected chi connectivity index (χ4v) is 3.67. The first-order valence-electron chi connectivity index (χ1n) is 9.11. The summed E-state index contributed by atoms with van der Waals surface area (Å²) in [7, 11) is 2.20. The second kappa shape index (κ2) is 7.69. The van der Waals surface area contributed by atoms with Crippen molar-refractivity contribution in [1.29, 1.82) is 0 Å². The fourth-order valence-electron chi connectivity index (χ4n) is 3.67. The van der Waals surface area contributed by atoms with Crippen LogP contribution in [0.1, 0.15) is 42.5 Å². The van der Waals surface area contributed by atoms with Crippen molar-refractivity contribution in [3.63, 3.8) is 0 Å². The zero-order chi connectivity index (χ0) is 16.2. The standard InChI is InChI=1S/C18H31N5/c1-14(13-23-10-8-22(3)9-11-23)19-12-18-20-15(2)16-6-4-5-7-17(16)21-18/h14,19H,4-13H2,1-3H3/t14-/m1/s1. The first-order chi connectivity index (χ1) is 11.1. The monoisotopic (exact) mass is 317 g/mol. The van der Waals surface area contributed by atoms with Gasteiger partial charge in [-0.25, -0.2) is 9.97 Å². The molecule has 0 spiro atoms. The topological polar surface area (TPSA) is 44.3 Å². The number of rotatable bonds is 5. The molecule has 5 nitrogen and oxygen atoms in total. The van der Waals surface area contributed by atoms with E-state index in [0.717, 1.165) is 31.8 Å². The van der Waals surface area contributed by atoms with Crippen molar-refractivity contribution in [2.45, 2.75) is 52.1 Å². The molecule has 23 heavy (non-hydrogen) atoms. The van der Waals surface area contributed by atoms with Crippen molar-refractivity contribution in [3.05, 3.63) is 22.8 Å². The first-order valence-corrected chi connectivity index (χ1v) is 9.11. The van der Waals surface area contributed by atoms with Crippen LogP contribution in [0.2, 0.25) is 0 Å². The summed E-state index contributed by atoms with van der Waals surface area (Å²) in [5, 5.41) is 3.61. The number of fused-ring (bicyclic) bond motifs is 1. The van der Waals surface area contributed by atoms with Gasteiger partial charge in [0, 0.05) is 50.2 Å². The average molecular weight is 317 g/mol. The molecule has 3 rings (SSSR count). The van der Waals surface area contributed by atoms with E-state index in [4.69, 9.17) is 9.97 Å². The largest absolute Gasteiger partial charge is 0.306 e. The molecule has 1 atom stereocenters. The van der Waals surface area contributed by atoms with Gasteiger partial charge in [-0.05, 0) is 52.1 Å². The van der Waals surface area contributed by atoms with Crippen LogP contribution in [0.4, 0.5) is 0 Å². The van der Waals surface area contributed by atoms with Crippen molar-refractivity contribution in [2.24, 2.45) is 0 Å².